The van der Waals surface area contributed by atoms with Crippen molar-refractivity contribution in [2.45, 2.75) is 0 Å². The third kappa shape index (κ3) is 4.50. The molecule has 0 unspecified atom stereocenters. The van der Waals surface area contributed by atoms with Gasteiger partial charge in [0.05, 0.1) is 45.3 Å². The van der Waals surface area contributed by atoms with Gasteiger partial charge in [0.15, 0.2) is 5.82 Å². The van der Waals surface area contributed by atoms with E-state index in [1.165, 1.54) is 16.2 Å². The average Bonchev–Trinajstić information content (AvgIpc) is 3.71. The van der Waals surface area contributed by atoms with Crippen molar-refractivity contribution in [3.05, 3.63) is 170 Å². The van der Waals surface area contributed by atoms with Crippen LogP contribution in [0.5, 0.6) is 0 Å². The van der Waals surface area contributed by atoms with Crippen LogP contribution in [0, 0.1) is 0 Å². The van der Waals surface area contributed by atoms with Gasteiger partial charge in [-0.3, -0.25) is 9.97 Å². The minimum absolute atomic E-state index is 0.647. The molecule has 10 rings (SSSR count). The number of nitrogens with zero attached hydrogens (tertiary/aromatic N) is 6. The molecule has 0 saturated carbocycles. The van der Waals surface area contributed by atoms with E-state index in [0.29, 0.717) is 5.82 Å². The van der Waals surface area contributed by atoms with Gasteiger partial charge >= 0.3 is 0 Å². The summed E-state index contributed by atoms with van der Waals surface area (Å²) in [6.45, 7) is 0. The normalized spacial score (nSPS) is 11.6. The minimum atomic E-state index is 0.647. The van der Waals surface area contributed by atoms with E-state index in [9.17, 15) is 0 Å². The molecule has 5 heterocycles. The smallest absolute Gasteiger partial charge is 0.160 e. The maximum atomic E-state index is 5.22. The topological polar surface area (TPSA) is 61.4 Å². The van der Waals surface area contributed by atoms with Crippen molar-refractivity contribution in [1.82, 2.24) is 29.1 Å². The van der Waals surface area contributed by atoms with E-state index < -0.39 is 0 Å². The Bertz CT molecular complexity index is 2570. The summed E-state index contributed by atoms with van der Waals surface area (Å²) in [5.41, 5.74) is 10.8. The van der Waals surface area contributed by atoms with E-state index in [0.717, 1.165) is 67.0 Å². The molecule has 0 aliphatic heterocycles. The second-order valence-corrected chi connectivity index (χ2v) is 12.4. The number of para-hydroxylation sites is 3. The first-order valence-electron chi connectivity index (χ1n) is 16.6. The lowest BCUT2D eigenvalue weighted by molar-refractivity contribution is 1.12. The zero-order valence-corrected chi connectivity index (χ0v) is 26.8. The number of rotatable bonds is 5. The van der Waals surface area contributed by atoms with E-state index >= 15 is 0 Å². The Morgan fingerprint density at radius 2 is 0.940 bits per heavy atom. The SMILES string of the molecule is c1ccc(-c2nc(-c3cc(-n4c5ccccc5c5ccccc54)cc(-n4c5ccccc5c5ccncc54)c3)cc(-c3ccccn3)n2)cc1. The number of hydrogen-bond acceptors (Lipinski definition) is 4. The molecular weight excluding hydrogens is 613 g/mol. The van der Waals surface area contributed by atoms with Crippen LogP contribution in [0.3, 0.4) is 0 Å². The van der Waals surface area contributed by atoms with Crippen molar-refractivity contribution in [2.24, 2.45) is 0 Å². The first-order chi connectivity index (χ1) is 24.8. The number of hydrogen-bond donors (Lipinski definition) is 0. The monoisotopic (exact) mass is 640 g/mol. The predicted octanol–water partition coefficient (Wildman–Crippen LogP) is 10.5. The molecule has 0 atom stereocenters. The molecule has 234 valence electrons. The van der Waals surface area contributed by atoms with Crippen LogP contribution in [0.15, 0.2) is 170 Å². The fourth-order valence-corrected chi connectivity index (χ4v) is 7.26. The Morgan fingerprint density at radius 3 is 1.58 bits per heavy atom. The van der Waals surface area contributed by atoms with Gasteiger partial charge in [0.25, 0.3) is 0 Å². The van der Waals surface area contributed by atoms with Gasteiger partial charge in [0.1, 0.15) is 0 Å². The van der Waals surface area contributed by atoms with Gasteiger partial charge in [-0.2, -0.15) is 0 Å². The van der Waals surface area contributed by atoms with Gasteiger partial charge in [-0.1, -0.05) is 91.0 Å². The zero-order chi connectivity index (χ0) is 33.0. The van der Waals surface area contributed by atoms with Gasteiger partial charge in [0.2, 0.25) is 0 Å². The first-order valence-corrected chi connectivity index (χ1v) is 16.6. The molecule has 0 spiro atoms. The fraction of sp³-hybridized carbons (Fsp3) is 0. The number of pyridine rings is 2. The van der Waals surface area contributed by atoms with Crippen molar-refractivity contribution in [3.8, 4) is 45.4 Å². The molecule has 0 radical (unpaired) electrons. The molecule has 0 amide bonds. The second-order valence-electron chi connectivity index (χ2n) is 12.4. The Labute approximate surface area is 287 Å². The van der Waals surface area contributed by atoms with E-state index in [1.807, 2.05) is 60.9 Å². The zero-order valence-electron chi connectivity index (χ0n) is 26.8. The van der Waals surface area contributed by atoms with Crippen LogP contribution in [-0.4, -0.2) is 29.1 Å². The summed E-state index contributed by atoms with van der Waals surface area (Å²) >= 11 is 0. The summed E-state index contributed by atoms with van der Waals surface area (Å²) in [6.07, 6.45) is 5.63. The first kappa shape index (κ1) is 28.1. The largest absolute Gasteiger partial charge is 0.309 e. The maximum absolute atomic E-state index is 5.22. The molecule has 6 heteroatoms. The summed E-state index contributed by atoms with van der Waals surface area (Å²) < 4.78 is 4.68. The quantitative estimate of drug-likeness (QED) is 0.188. The molecule has 0 aliphatic rings. The van der Waals surface area contributed by atoms with Gasteiger partial charge in [-0.25, -0.2) is 9.97 Å². The molecule has 0 aliphatic carbocycles. The number of aromatic nitrogens is 6. The second kappa shape index (κ2) is 11.4. The third-order valence-electron chi connectivity index (χ3n) is 9.46. The van der Waals surface area contributed by atoms with Crippen molar-refractivity contribution >= 4 is 43.6 Å². The highest BCUT2D eigenvalue weighted by atomic mass is 15.0. The molecule has 10 aromatic rings. The van der Waals surface area contributed by atoms with E-state index in [4.69, 9.17) is 9.97 Å². The van der Waals surface area contributed by atoms with Crippen LogP contribution in [0.2, 0.25) is 0 Å². The molecule has 0 saturated heterocycles. The molecule has 0 N–H and O–H groups in total. The van der Waals surface area contributed by atoms with Gasteiger partial charge in [-0.15, -0.1) is 0 Å². The Morgan fingerprint density at radius 1 is 0.380 bits per heavy atom. The Balaban J connectivity index is 1.31. The molecular formula is C44H28N6. The van der Waals surface area contributed by atoms with Crippen LogP contribution in [0.4, 0.5) is 0 Å². The van der Waals surface area contributed by atoms with Crippen LogP contribution < -0.4 is 0 Å². The summed E-state index contributed by atoms with van der Waals surface area (Å²) in [6, 6.07) is 52.7. The molecule has 5 aromatic heterocycles. The summed E-state index contributed by atoms with van der Waals surface area (Å²) in [5.74, 6) is 0.647. The summed E-state index contributed by atoms with van der Waals surface area (Å²) in [7, 11) is 0. The van der Waals surface area contributed by atoms with Crippen molar-refractivity contribution in [2.75, 3.05) is 0 Å². The number of fused-ring (bicyclic) bond motifs is 6. The van der Waals surface area contributed by atoms with Crippen molar-refractivity contribution < 1.29 is 0 Å². The van der Waals surface area contributed by atoms with Gasteiger partial charge < -0.3 is 9.13 Å². The van der Waals surface area contributed by atoms with Crippen molar-refractivity contribution in [3.63, 3.8) is 0 Å². The van der Waals surface area contributed by atoms with Crippen LogP contribution in [-0.2, 0) is 0 Å². The van der Waals surface area contributed by atoms with Crippen LogP contribution in [0.1, 0.15) is 0 Å². The molecule has 5 aromatic carbocycles. The summed E-state index contributed by atoms with van der Waals surface area (Å²) in [5, 5.41) is 4.76. The Kier molecular flexibility index (Phi) is 6.39. The highest BCUT2D eigenvalue weighted by molar-refractivity contribution is 6.10. The molecule has 0 fully saturated rings. The molecule has 6 nitrogen and oxygen atoms in total. The van der Waals surface area contributed by atoms with Crippen LogP contribution in [0.25, 0.3) is 89.0 Å². The predicted molar refractivity (Wildman–Crippen MR) is 203 cm³/mol. The molecule has 50 heavy (non-hydrogen) atoms. The van der Waals surface area contributed by atoms with Crippen LogP contribution >= 0.6 is 0 Å². The average molecular weight is 641 g/mol. The highest BCUT2D eigenvalue weighted by Gasteiger charge is 2.19. The van der Waals surface area contributed by atoms with Gasteiger partial charge in [0, 0.05) is 56.4 Å². The van der Waals surface area contributed by atoms with Crippen molar-refractivity contribution in [1.29, 1.82) is 0 Å². The van der Waals surface area contributed by atoms with Gasteiger partial charge in [-0.05, 0) is 60.7 Å². The maximum Gasteiger partial charge on any atom is 0.160 e. The summed E-state index contributed by atoms with van der Waals surface area (Å²) in [4.78, 5) is 19.5. The van der Waals surface area contributed by atoms with E-state index in [2.05, 4.69) is 122 Å². The number of benzene rings is 5. The molecule has 0 bridgehead atoms. The Hall–Kier alpha value is -6.92. The standard InChI is InChI=1S/C44H28N6/c1-2-12-29(13-3-1)44-47-38(27-39(48-44)37-17-10-11-22-46-37)30-24-31(49-40-18-7-4-14-33(40)34-15-5-8-19-41(34)49)26-32(25-30)50-42-20-9-6-16-35(42)36-21-23-45-28-43(36)50/h1-28H. The minimum Gasteiger partial charge on any atom is -0.309 e. The lowest BCUT2D eigenvalue weighted by Gasteiger charge is -2.16. The third-order valence-corrected chi connectivity index (χ3v) is 9.46. The van der Waals surface area contributed by atoms with E-state index in [1.54, 1.807) is 6.20 Å². The highest BCUT2D eigenvalue weighted by Crippen LogP contribution is 2.38. The fourth-order valence-electron chi connectivity index (χ4n) is 7.26. The lowest BCUT2D eigenvalue weighted by Crippen LogP contribution is -2.02. The van der Waals surface area contributed by atoms with E-state index in [-0.39, 0.29) is 0 Å². The lowest BCUT2D eigenvalue weighted by atomic mass is 10.1.